The van der Waals surface area contributed by atoms with Crippen molar-refractivity contribution in [2.75, 3.05) is 13.7 Å². The van der Waals surface area contributed by atoms with Crippen molar-refractivity contribution in [2.24, 2.45) is 0 Å². The number of methoxy groups -OCH3 is 1. The quantitative estimate of drug-likeness (QED) is 0.879. The number of benzene rings is 1. The van der Waals surface area contributed by atoms with Crippen molar-refractivity contribution in [1.29, 1.82) is 0 Å². The van der Waals surface area contributed by atoms with Crippen LogP contribution in [0.2, 0.25) is 0 Å². The van der Waals surface area contributed by atoms with Gasteiger partial charge in [-0.25, -0.2) is 4.98 Å². The van der Waals surface area contributed by atoms with Crippen LogP contribution in [-0.2, 0) is 6.42 Å². The Kier molecular flexibility index (Phi) is 4.02. The summed E-state index contributed by atoms with van der Waals surface area (Å²) in [6.45, 7) is 0.512. The highest BCUT2D eigenvalue weighted by Gasteiger charge is 2.06. The first-order chi connectivity index (χ1) is 8.79. The van der Waals surface area contributed by atoms with Gasteiger partial charge in [-0.15, -0.1) is 0 Å². The zero-order valence-corrected chi connectivity index (χ0v) is 10.2. The van der Waals surface area contributed by atoms with E-state index in [0.717, 1.165) is 6.42 Å². The van der Waals surface area contributed by atoms with Gasteiger partial charge in [0, 0.05) is 12.5 Å². The zero-order chi connectivity index (χ0) is 12.8. The lowest BCUT2D eigenvalue weighted by molar-refractivity contribution is 0.284. The molecule has 0 atom stereocenters. The highest BCUT2D eigenvalue weighted by molar-refractivity contribution is 5.38. The molecular weight excluding hydrogens is 230 g/mol. The summed E-state index contributed by atoms with van der Waals surface area (Å²) in [5.41, 5.74) is 1.20. The Balaban J connectivity index is 1.94. The van der Waals surface area contributed by atoms with E-state index in [4.69, 9.17) is 9.47 Å². The van der Waals surface area contributed by atoms with Crippen LogP contribution >= 0.6 is 0 Å². The Morgan fingerprint density at radius 2 is 2.00 bits per heavy atom. The Morgan fingerprint density at radius 1 is 1.22 bits per heavy atom. The highest BCUT2D eigenvalue weighted by Crippen LogP contribution is 2.27. The Morgan fingerprint density at radius 3 is 2.72 bits per heavy atom. The molecule has 0 fully saturated rings. The Hall–Kier alpha value is -2.23. The van der Waals surface area contributed by atoms with Crippen LogP contribution in [0.3, 0.4) is 0 Å². The van der Waals surface area contributed by atoms with Crippen LogP contribution in [0, 0.1) is 0 Å². The summed E-state index contributed by atoms with van der Waals surface area (Å²) in [5, 5.41) is 9.27. The number of aromatic hydroxyl groups is 1. The van der Waals surface area contributed by atoms with Crippen LogP contribution in [0.5, 0.6) is 17.4 Å². The predicted octanol–water partition coefficient (Wildman–Crippen LogP) is 2.42. The van der Waals surface area contributed by atoms with Gasteiger partial charge in [0.15, 0.2) is 5.75 Å². The fourth-order valence-corrected chi connectivity index (χ4v) is 1.59. The predicted molar refractivity (Wildman–Crippen MR) is 68.1 cm³/mol. The molecule has 18 heavy (non-hydrogen) atoms. The lowest BCUT2D eigenvalue weighted by atomic mass is 10.2. The molecule has 0 spiro atoms. The van der Waals surface area contributed by atoms with Crippen molar-refractivity contribution in [2.45, 2.75) is 6.42 Å². The Labute approximate surface area is 106 Å². The first-order valence-electron chi connectivity index (χ1n) is 5.69. The topological polar surface area (TPSA) is 51.6 Å². The largest absolute Gasteiger partial charge is 0.506 e. The van der Waals surface area contributed by atoms with Gasteiger partial charge in [0.25, 0.3) is 5.88 Å². The number of rotatable bonds is 5. The van der Waals surface area contributed by atoms with Crippen LogP contribution in [0.4, 0.5) is 0 Å². The molecule has 2 aromatic rings. The van der Waals surface area contributed by atoms with E-state index in [-0.39, 0.29) is 5.75 Å². The monoisotopic (exact) mass is 245 g/mol. The molecule has 4 nitrogen and oxygen atoms in total. The van der Waals surface area contributed by atoms with Gasteiger partial charge < -0.3 is 14.6 Å². The maximum atomic E-state index is 9.27. The standard InChI is InChI=1S/C14H15NO3/c1-17-13-9-12(16)10-15-14(13)18-8-7-11-5-3-2-4-6-11/h2-6,9-10,16H,7-8H2,1H3. The molecular formula is C14H15NO3. The Bertz CT molecular complexity index is 500. The molecule has 4 heteroatoms. The molecule has 0 aliphatic heterocycles. The molecule has 0 radical (unpaired) electrons. The van der Waals surface area contributed by atoms with Gasteiger partial charge in [-0.05, 0) is 5.56 Å². The summed E-state index contributed by atoms with van der Waals surface area (Å²) in [6, 6.07) is 11.5. The first kappa shape index (κ1) is 12.2. The molecule has 0 aliphatic rings. The molecule has 0 bridgehead atoms. The third-order valence-electron chi connectivity index (χ3n) is 2.50. The molecule has 0 amide bonds. The minimum absolute atomic E-state index is 0.0576. The summed E-state index contributed by atoms with van der Waals surface area (Å²) in [4.78, 5) is 3.98. The van der Waals surface area contributed by atoms with E-state index in [2.05, 4.69) is 4.98 Å². The molecule has 1 N–H and O–H groups in total. The molecule has 94 valence electrons. The maximum Gasteiger partial charge on any atom is 0.257 e. The van der Waals surface area contributed by atoms with E-state index in [1.165, 1.54) is 24.9 Å². The van der Waals surface area contributed by atoms with Gasteiger partial charge in [-0.2, -0.15) is 0 Å². The van der Waals surface area contributed by atoms with E-state index in [1.807, 2.05) is 30.3 Å². The van der Waals surface area contributed by atoms with Crippen LogP contribution in [0.25, 0.3) is 0 Å². The van der Waals surface area contributed by atoms with Crippen molar-refractivity contribution in [1.82, 2.24) is 4.98 Å². The van der Waals surface area contributed by atoms with Crippen LogP contribution in [0.15, 0.2) is 42.6 Å². The minimum Gasteiger partial charge on any atom is -0.506 e. The minimum atomic E-state index is 0.0576. The number of ether oxygens (including phenoxy) is 2. The number of hydrogen-bond donors (Lipinski definition) is 1. The van der Waals surface area contributed by atoms with Crippen molar-refractivity contribution in [3.05, 3.63) is 48.2 Å². The molecule has 2 rings (SSSR count). The molecule has 0 unspecified atom stereocenters. The summed E-state index contributed by atoms with van der Waals surface area (Å²) < 4.78 is 10.6. The molecule has 0 aliphatic carbocycles. The van der Waals surface area contributed by atoms with Gasteiger partial charge in [-0.1, -0.05) is 30.3 Å². The smallest absolute Gasteiger partial charge is 0.257 e. The molecule has 1 aromatic heterocycles. The van der Waals surface area contributed by atoms with Gasteiger partial charge in [0.2, 0.25) is 0 Å². The third-order valence-corrected chi connectivity index (χ3v) is 2.50. The lowest BCUT2D eigenvalue weighted by Gasteiger charge is -2.09. The van der Waals surface area contributed by atoms with E-state index >= 15 is 0 Å². The van der Waals surface area contributed by atoms with Gasteiger partial charge in [-0.3, -0.25) is 0 Å². The van der Waals surface area contributed by atoms with Gasteiger partial charge in [0.1, 0.15) is 5.75 Å². The number of pyridine rings is 1. The SMILES string of the molecule is COc1cc(O)cnc1OCCc1ccccc1. The van der Waals surface area contributed by atoms with Gasteiger partial charge in [0.05, 0.1) is 19.9 Å². The van der Waals surface area contributed by atoms with Crippen molar-refractivity contribution < 1.29 is 14.6 Å². The fourth-order valence-electron chi connectivity index (χ4n) is 1.59. The molecule has 0 saturated carbocycles. The second-order valence-corrected chi connectivity index (χ2v) is 3.78. The number of aromatic nitrogens is 1. The second kappa shape index (κ2) is 5.91. The van der Waals surface area contributed by atoms with E-state index in [0.29, 0.717) is 18.2 Å². The van der Waals surface area contributed by atoms with Crippen LogP contribution < -0.4 is 9.47 Å². The van der Waals surface area contributed by atoms with Crippen LogP contribution in [0.1, 0.15) is 5.56 Å². The first-order valence-corrected chi connectivity index (χ1v) is 5.69. The molecule has 0 saturated heterocycles. The average molecular weight is 245 g/mol. The van der Waals surface area contributed by atoms with Crippen molar-refractivity contribution in [3.8, 4) is 17.4 Å². The molecule has 1 aromatic carbocycles. The average Bonchev–Trinajstić information content (AvgIpc) is 2.41. The van der Waals surface area contributed by atoms with Crippen molar-refractivity contribution in [3.63, 3.8) is 0 Å². The number of nitrogens with zero attached hydrogens (tertiary/aromatic N) is 1. The third kappa shape index (κ3) is 3.13. The van der Waals surface area contributed by atoms with Gasteiger partial charge >= 0.3 is 0 Å². The highest BCUT2D eigenvalue weighted by atomic mass is 16.5. The van der Waals surface area contributed by atoms with Crippen molar-refractivity contribution >= 4 is 0 Å². The summed E-state index contributed by atoms with van der Waals surface area (Å²) in [5.74, 6) is 0.886. The summed E-state index contributed by atoms with van der Waals surface area (Å²) in [7, 11) is 1.51. The van der Waals surface area contributed by atoms with E-state index < -0.39 is 0 Å². The maximum absolute atomic E-state index is 9.27. The summed E-state index contributed by atoms with van der Waals surface area (Å²) >= 11 is 0. The lowest BCUT2D eigenvalue weighted by Crippen LogP contribution is -2.03. The normalized spacial score (nSPS) is 10.1. The zero-order valence-electron chi connectivity index (χ0n) is 10.2. The van der Waals surface area contributed by atoms with E-state index in [1.54, 1.807) is 0 Å². The summed E-state index contributed by atoms with van der Waals surface area (Å²) in [6.07, 6.45) is 2.13. The second-order valence-electron chi connectivity index (χ2n) is 3.78. The fraction of sp³-hybridized carbons (Fsp3) is 0.214. The number of hydrogen-bond acceptors (Lipinski definition) is 4. The van der Waals surface area contributed by atoms with Crippen LogP contribution in [-0.4, -0.2) is 23.8 Å². The van der Waals surface area contributed by atoms with E-state index in [9.17, 15) is 5.11 Å². The molecule has 1 heterocycles.